The van der Waals surface area contributed by atoms with Gasteiger partial charge in [0.1, 0.15) is 6.54 Å². The molecule has 1 N–H and O–H groups in total. The summed E-state index contributed by atoms with van der Waals surface area (Å²) in [5.74, 6) is -0.943. The maximum Gasteiger partial charge on any atom is 0.325 e. The van der Waals surface area contributed by atoms with Gasteiger partial charge in [-0.15, -0.1) is 0 Å². The third-order valence-electron chi connectivity index (χ3n) is 2.17. The summed E-state index contributed by atoms with van der Waals surface area (Å²) >= 11 is 11.8. The molecule has 0 amide bonds. The molecule has 0 aliphatic carbocycles. The lowest BCUT2D eigenvalue weighted by Gasteiger charge is -2.01. The van der Waals surface area contributed by atoms with E-state index in [1.807, 2.05) is 0 Å². The van der Waals surface area contributed by atoms with Crippen LogP contribution >= 0.6 is 23.2 Å². The smallest absolute Gasteiger partial charge is 0.325 e. The van der Waals surface area contributed by atoms with E-state index in [-0.39, 0.29) is 6.54 Å². The molecule has 2 rings (SSSR count). The fourth-order valence-electron chi connectivity index (χ4n) is 1.45. The van der Waals surface area contributed by atoms with E-state index in [0.717, 1.165) is 11.1 Å². The highest BCUT2D eigenvalue weighted by molar-refractivity contribution is 6.36. The van der Waals surface area contributed by atoms with Gasteiger partial charge in [-0.1, -0.05) is 29.3 Å². The van der Waals surface area contributed by atoms with Crippen molar-refractivity contribution in [3.8, 4) is 11.1 Å². The molecule has 0 aliphatic rings. The largest absolute Gasteiger partial charge is 0.480 e. The zero-order valence-electron chi connectivity index (χ0n) is 8.60. The van der Waals surface area contributed by atoms with Gasteiger partial charge in [0.2, 0.25) is 0 Å². The molecule has 0 aliphatic heterocycles. The molecule has 0 radical (unpaired) electrons. The number of rotatable bonds is 3. The molecule has 0 saturated heterocycles. The molecule has 6 heteroatoms. The van der Waals surface area contributed by atoms with Crippen molar-refractivity contribution in [1.82, 2.24) is 9.78 Å². The third-order valence-corrected chi connectivity index (χ3v) is 2.72. The summed E-state index contributed by atoms with van der Waals surface area (Å²) < 4.78 is 1.34. The summed E-state index contributed by atoms with van der Waals surface area (Å²) in [5, 5.41) is 13.6. The number of carboxylic acid groups (broad SMARTS) is 1. The second-order valence-electron chi connectivity index (χ2n) is 3.44. The van der Waals surface area contributed by atoms with Crippen LogP contribution in [0.1, 0.15) is 0 Å². The minimum Gasteiger partial charge on any atom is -0.480 e. The molecule has 1 heterocycles. The number of halogens is 2. The molecule has 2 aromatic rings. The maximum absolute atomic E-state index is 10.5. The van der Waals surface area contributed by atoms with Crippen LogP contribution in [0.3, 0.4) is 0 Å². The summed E-state index contributed by atoms with van der Waals surface area (Å²) in [6, 6.07) is 5.12. The molecule has 0 atom stereocenters. The van der Waals surface area contributed by atoms with Crippen LogP contribution < -0.4 is 0 Å². The molecule has 4 nitrogen and oxygen atoms in total. The van der Waals surface area contributed by atoms with Gasteiger partial charge in [0, 0.05) is 27.4 Å². The highest BCUT2D eigenvalue weighted by atomic mass is 35.5. The van der Waals surface area contributed by atoms with Gasteiger partial charge in [-0.2, -0.15) is 5.10 Å². The molecule has 0 fully saturated rings. The lowest BCUT2D eigenvalue weighted by molar-refractivity contribution is -0.137. The summed E-state index contributed by atoms with van der Waals surface area (Å²) in [7, 11) is 0. The average molecular weight is 271 g/mol. The van der Waals surface area contributed by atoms with Crippen molar-refractivity contribution in [3.05, 3.63) is 40.6 Å². The maximum atomic E-state index is 10.5. The van der Waals surface area contributed by atoms with Crippen molar-refractivity contribution in [2.75, 3.05) is 0 Å². The molecular weight excluding hydrogens is 263 g/mol. The molecule has 88 valence electrons. The van der Waals surface area contributed by atoms with E-state index in [2.05, 4.69) is 5.10 Å². The van der Waals surface area contributed by atoms with E-state index in [4.69, 9.17) is 28.3 Å². The van der Waals surface area contributed by atoms with E-state index in [1.54, 1.807) is 30.6 Å². The van der Waals surface area contributed by atoms with Crippen molar-refractivity contribution >= 4 is 29.2 Å². The number of hydrogen-bond donors (Lipinski definition) is 1. The number of carboxylic acids is 1. The Morgan fingerprint density at radius 1 is 1.41 bits per heavy atom. The molecule has 0 saturated carbocycles. The number of aromatic nitrogens is 2. The first-order chi connectivity index (χ1) is 8.06. The van der Waals surface area contributed by atoms with Gasteiger partial charge in [-0.05, 0) is 12.1 Å². The van der Waals surface area contributed by atoms with Crippen LogP contribution in [0.2, 0.25) is 10.0 Å². The molecule has 0 bridgehead atoms. The molecule has 0 unspecified atom stereocenters. The Morgan fingerprint density at radius 2 is 2.18 bits per heavy atom. The van der Waals surface area contributed by atoms with E-state index in [0.29, 0.717) is 10.0 Å². The van der Waals surface area contributed by atoms with Crippen LogP contribution in [0.15, 0.2) is 30.6 Å². The lowest BCUT2D eigenvalue weighted by Crippen LogP contribution is -2.08. The SMILES string of the molecule is O=C(O)Cn1cc(-c2ccc(Cl)cc2Cl)cn1. The first kappa shape index (κ1) is 12.0. The minimum absolute atomic E-state index is 0.175. The van der Waals surface area contributed by atoms with Crippen molar-refractivity contribution < 1.29 is 9.90 Å². The zero-order valence-corrected chi connectivity index (χ0v) is 10.1. The molecule has 1 aromatic heterocycles. The number of hydrogen-bond acceptors (Lipinski definition) is 2. The second-order valence-corrected chi connectivity index (χ2v) is 4.29. The van der Waals surface area contributed by atoms with Crippen LogP contribution in [0.25, 0.3) is 11.1 Å². The van der Waals surface area contributed by atoms with Gasteiger partial charge in [0.05, 0.1) is 6.20 Å². The second kappa shape index (κ2) is 4.77. The third kappa shape index (κ3) is 2.78. The summed E-state index contributed by atoms with van der Waals surface area (Å²) in [6.07, 6.45) is 3.20. The lowest BCUT2D eigenvalue weighted by atomic mass is 10.1. The highest BCUT2D eigenvalue weighted by Gasteiger charge is 2.08. The Labute approximate surface area is 107 Å². The zero-order chi connectivity index (χ0) is 12.4. The van der Waals surface area contributed by atoms with E-state index in [1.165, 1.54) is 4.68 Å². The Balaban J connectivity index is 2.33. The molecule has 1 aromatic carbocycles. The van der Waals surface area contributed by atoms with E-state index in [9.17, 15) is 4.79 Å². The predicted octanol–water partition coefficient (Wildman–Crippen LogP) is 2.94. The monoisotopic (exact) mass is 270 g/mol. The Hall–Kier alpha value is -1.52. The number of benzene rings is 1. The van der Waals surface area contributed by atoms with E-state index < -0.39 is 5.97 Å². The first-order valence-corrected chi connectivity index (χ1v) is 5.51. The fourth-order valence-corrected chi connectivity index (χ4v) is 1.97. The van der Waals surface area contributed by atoms with Crippen molar-refractivity contribution in [1.29, 1.82) is 0 Å². The van der Waals surface area contributed by atoms with Gasteiger partial charge in [0.25, 0.3) is 0 Å². The minimum atomic E-state index is -0.943. The summed E-state index contributed by atoms with van der Waals surface area (Å²) in [5.41, 5.74) is 1.53. The Morgan fingerprint density at radius 3 is 2.82 bits per heavy atom. The summed E-state index contributed by atoms with van der Waals surface area (Å²) in [4.78, 5) is 10.5. The van der Waals surface area contributed by atoms with Crippen LogP contribution in [0, 0.1) is 0 Å². The highest BCUT2D eigenvalue weighted by Crippen LogP contribution is 2.29. The van der Waals surface area contributed by atoms with Crippen LogP contribution in [-0.4, -0.2) is 20.9 Å². The molecule has 0 spiro atoms. The van der Waals surface area contributed by atoms with Gasteiger partial charge < -0.3 is 5.11 Å². The number of carbonyl (C=O) groups is 1. The van der Waals surface area contributed by atoms with Crippen molar-refractivity contribution in [2.45, 2.75) is 6.54 Å². The molecular formula is C11H8Cl2N2O2. The van der Waals surface area contributed by atoms with Crippen LogP contribution in [0.4, 0.5) is 0 Å². The Bertz CT molecular complexity index is 566. The average Bonchev–Trinajstić information content (AvgIpc) is 2.65. The molecule has 17 heavy (non-hydrogen) atoms. The van der Waals surface area contributed by atoms with Crippen molar-refractivity contribution in [2.24, 2.45) is 0 Å². The standard InChI is InChI=1S/C11H8Cl2N2O2/c12-8-1-2-9(10(13)3-8)7-4-14-15(5-7)6-11(16)17/h1-5H,6H2,(H,16,17). The first-order valence-electron chi connectivity index (χ1n) is 4.76. The van der Waals surface area contributed by atoms with Crippen LogP contribution in [-0.2, 0) is 11.3 Å². The topological polar surface area (TPSA) is 55.1 Å². The van der Waals surface area contributed by atoms with Gasteiger partial charge in [-0.25, -0.2) is 0 Å². The number of nitrogens with zero attached hydrogens (tertiary/aromatic N) is 2. The van der Waals surface area contributed by atoms with Gasteiger partial charge >= 0.3 is 5.97 Å². The normalized spacial score (nSPS) is 10.5. The predicted molar refractivity (Wildman–Crippen MR) is 65.3 cm³/mol. The number of aliphatic carboxylic acids is 1. The van der Waals surface area contributed by atoms with Crippen molar-refractivity contribution in [3.63, 3.8) is 0 Å². The quantitative estimate of drug-likeness (QED) is 0.933. The summed E-state index contributed by atoms with van der Waals surface area (Å²) in [6.45, 7) is -0.175. The van der Waals surface area contributed by atoms with Gasteiger partial charge in [0.15, 0.2) is 0 Å². The van der Waals surface area contributed by atoms with Crippen LogP contribution in [0.5, 0.6) is 0 Å². The van der Waals surface area contributed by atoms with E-state index >= 15 is 0 Å². The van der Waals surface area contributed by atoms with Gasteiger partial charge in [-0.3, -0.25) is 9.48 Å². The Kier molecular flexibility index (Phi) is 3.36. The fraction of sp³-hybridized carbons (Fsp3) is 0.0909.